The van der Waals surface area contributed by atoms with E-state index in [1.54, 1.807) is 13.8 Å². The largest absolute Gasteiger partial charge is 0.343 e. The molecule has 6 nitrogen and oxygen atoms in total. The van der Waals surface area contributed by atoms with E-state index >= 15 is 0 Å². The zero-order valence-electron chi connectivity index (χ0n) is 13.0. The van der Waals surface area contributed by atoms with Crippen molar-refractivity contribution in [2.24, 2.45) is 12.0 Å². The van der Waals surface area contributed by atoms with Crippen LogP contribution in [0.5, 0.6) is 0 Å². The number of halogens is 2. The molecule has 23 heavy (non-hydrogen) atoms. The molecule has 124 valence electrons. The predicted octanol–water partition coefficient (Wildman–Crippen LogP) is 1.36. The average Bonchev–Trinajstić information content (AvgIpc) is 2.47. The van der Waals surface area contributed by atoms with E-state index < -0.39 is 21.5 Å². The quantitative estimate of drug-likeness (QED) is 0.812. The van der Waals surface area contributed by atoms with Crippen LogP contribution in [0.4, 0.5) is 4.39 Å². The van der Waals surface area contributed by atoms with Gasteiger partial charge in [0.25, 0.3) is 10.0 Å². The van der Waals surface area contributed by atoms with Gasteiger partial charge in [0.1, 0.15) is 0 Å². The van der Waals surface area contributed by atoms with Gasteiger partial charge >= 0.3 is 5.69 Å². The molecule has 0 radical (unpaired) electrons. The van der Waals surface area contributed by atoms with Crippen LogP contribution in [0.25, 0.3) is 0 Å². The van der Waals surface area contributed by atoms with Crippen molar-refractivity contribution in [1.82, 2.24) is 8.54 Å². The van der Waals surface area contributed by atoms with E-state index in [1.165, 1.54) is 26.2 Å². The molecule has 0 saturated heterocycles. The summed E-state index contributed by atoms with van der Waals surface area (Å²) in [7, 11) is -1.71. The van der Waals surface area contributed by atoms with Gasteiger partial charge in [-0.2, -0.15) is 3.97 Å². The summed E-state index contributed by atoms with van der Waals surface area (Å²) in [5.74, 6) is -0.915. The lowest BCUT2D eigenvalue weighted by Gasteiger charge is -2.13. The first kappa shape index (κ1) is 17.4. The molecule has 0 aliphatic rings. The minimum absolute atomic E-state index is 0.109. The van der Waals surface area contributed by atoms with Crippen molar-refractivity contribution in [3.63, 3.8) is 0 Å². The normalized spacial score (nSPS) is 12.7. The fourth-order valence-electron chi connectivity index (χ4n) is 2.18. The minimum Gasteiger partial charge on any atom is -0.278 e. The molecule has 0 unspecified atom stereocenters. The maximum absolute atomic E-state index is 14.0. The summed E-state index contributed by atoms with van der Waals surface area (Å²) in [5, 5.41) is 0.408. The van der Waals surface area contributed by atoms with Crippen LogP contribution < -0.4 is 11.2 Å². The smallest absolute Gasteiger partial charge is 0.278 e. The molecule has 0 amide bonds. The molecule has 0 spiro atoms. The topological polar surface area (TPSA) is 73.4 Å². The Labute approximate surface area is 137 Å². The van der Waals surface area contributed by atoms with Gasteiger partial charge in [-0.1, -0.05) is 11.6 Å². The van der Waals surface area contributed by atoms with Crippen molar-refractivity contribution in [2.75, 3.05) is 7.05 Å². The fraction of sp³-hybridized carbons (Fsp3) is 0.286. The monoisotopic (exact) mass is 359 g/mol. The van der Waals surface area contributed by atoms with Gasteiger partial charge in [-0.15, -0.1) is 0 Å². The van der Waals surface area contributed by atoms with Crippen molar-refractivity contribution in [2.45, 2.75) is 18.7 Å². The zero-order chi connectivity index (χ0) is 17.5. The second-order valence-corrected chi connectivity index (χ2v) is 7.22. The van der Waals surface area contributed by atoms with E-state index in [2.05, 4.69) is 4.99 Å². The van der Waals surface area contributed by atoms with E-state index in [-0.39, 0.29) is 10.4 Å². The van der Waals surface area contributed by atoms with E-state index in [1.807, 2.05) is 0 Å². The van der Waals surface area contributed by atoms with Gasteiger partial charge in [0, 0.05) is 19.1 Å². The van der Waals surface area contributed by atoms with Crippen LogP contribution in [0.1, 0.15) is 11.1 Å². The summed E-state index contributed by atoms with van der Waals surface area (Å²) in [6.45, 7) is 3.19. The minimum atomic E-state index is -4.27. The van der Waals surface area contributed by atoms with Crippen molar-refractivity contribution < 1.29 is 12.8 Å². The van der Waals surface area contributed by atoms with Crippen LogP contribution in [0.2, 0.25) is 5.02 Å². The summed E-state index contributed by atoms with van der Waals surface area (Å²) in [5.41, 5.74) is -0.252. The first-order valence-electron chi connectivity index (χ1n) is 6.54. The first-order chi connectivity index (χ1) is 10.6. The van der Waals surface area contributed by atoms with Crippen LogP contribution >= 0.6 is 11.6 Å². The van der Waals surface area contributed by atoms with Gasteiger partial charge in [0.15, 0.2) is 11.3 Å². The van der Waals surface area contributed by atoms with Crippen molar-refractivity contribution in [3.05, 3.63) is 56.3 Å². The molecule has 1 aromatic heterocycles. The number of aromatic nitrogens is 2. The van der Waals surface area contributed by atoms with Crippen LogP contribution in [0.15, 0.2) is 33.0 Å². The highest BCUT2D eigenvalue weighted by Gasteiger charge is 2.24. The Hall–Kier alpha value is -1.93. The second kappa shape index (κ2) is 5.93. The highest BCUT2D eigenvalue weighted by atomic mass is 35.5. The zero-order valence-corrected chi connectivity index (χ0v) is 14.5. The molecular weight excluding hydrogens is 345 g/mol. The fourth-order valence-corrected chi connectivity index (χ4v) is 3.96. The lowest BCUT2D eigenvalue weighted by molar-refractivity contribution is 0.537. The molecule has 0 saturated carbocycles. The molecular formula is C14H15ClFN3O3S. The predicted molar refractivity (Wildman–Crippen MR) is 84.6 cm³/mol. The second-order valence-electron chi connectivity index (χ2n) is 5.03. The molecule has 0 aliphatic carbocycles. The van der Waals surface area contributed by atoms with Crippen molar-refractivity contribution in [3.8, 4) is 0 Å². The maximum atomic E-state index is 14.0. The molecule has 1 heterocycles. The Morgan fingerprint density at radius 3 is 2.39 bits per heavy atom. The number of hydrogen-bond donors (Lipinski definition) is 0. The van der Waals surface area contributed by atoms with Gasteiger partial charge in [-0.25, -0.2) is 17.6 Å². The third-order valence-corrected chi connectivity index (χ3v) is 5.62. The van der Waals surface area contributed by atoms with Crippen LogP contribution in [0.3, 0.4) is 0 Å². The Morgan fingerprint density at radius 1 is 1.22 bits per heavy atom. The summed E-state index contributed by atoms with van der Waals surface area (Å²) in [4.78, 5) is 15.8. The van der Waals surface area contributed by atoms with Gasteiger partial charge in [-0.3, -0.25) is 9.56 Å². The van der Waals surface area contributed by atoms with Gasteiger partial charge in [0.05, 0.1) is 11.1 Å². The standard InChI is InChI=1S/C14H15ClFN3O3S/c1-8-6-12(9(2)5-10(8)15)23(21,22)19-7-11(16)13(17-3)18(4)14(19)20/h5-7H,1-4H3. The lowest BCUT2D eigenvalue weighted by Crippen LogP contribution is -2.42. The molecule has 0 atom stereocenters. The average molecular weight is 360 g/mol. The van der Waals surface area contributed by atoms with Crippen LogP contribution in [0, 0.1) is 19.7 Å². The molecule has 9 heteroatoms. The Balaban J connectivity index is 2.87. The molecule has 1 aromatic carbocycles. The first-order valence-corrected chi connectivity index (χ1v) is 8.36. The maximum Gasteiger partial charge on any atom is 0.343 e. The highest BCUT2D eigenvalue weighted by molar-refractivity contribution is 7.90. The Kier molecular flexibility index (Phi) is 4.50. The highest BCUT2D eigenvalue weighted by Crippen LogP contribution is 2.24. The molecule has 0 bridgehead atoms. The SMILES string of the molecule is CN=c1c(F)cn(S(=O)(=O)c2cc(C)c(Cl)cc2C)c(=O)n1C. The molecule has 0 aliphatic heterocycles. The summed E-state index contributed by atoms with van der Waals surface area (Å²) in [6, 6.07) is 2.84. The lowest BCUT2D eigenvalue weighted by atomic mass is 10.2. The summed E-state index contributed by atoms with van der Waals surface area (Å²) in [6.07, 6.45) is 0.628. The number of rotatable bonds is 2. The number of aryl methyl sites for hydroxylation is 2. The van der Waals surface area contributed by atoms with Crippen LogP contribution in [-0.4, -0.2) is 24.0 Å². The molecule has 2 rings (SSSR count). The summed E-state index contributed by atoms with van der Waals surface area (Å²) >= 11 is 5.96. The Morgan fingerprint density at radius 2 is 1.83 bits per heavy atom. The van der Waals surface area contributed by atoms with Crippen molar-refractivity contribution in [1.29, 1.82) is 0 Å². The summed E-state index contributed by atoms with van der Waals surface area (Å²) < 4.78 is 40.7. The third-order valence-electron chi connectivity index (χ3n) is 3.44. The molecule has 0 fully saturated rings. The number of benzene rings is 1. The number of hydrogen-bond acceptors (Lipinski definition) is 4. The van der Waals surface area contributed by atoms with Gasteiger partial charge in [-0.05, 0) is 37.1 Å². The van der Waals surface area contributed by atoms with Crippen molar-refractivity contribution >= 4 is 21.6 Å². The van der Waals surface area contributed by atoms with Gasteiger partial charge in [0.2, 0.25) is 0 Å². The van der Waals surface area contributed by atoms with E-state index in [0.717, 1.165) is 4.57 Å². The van der Waals surface area contributed by atoms with E-state index in [0.29, 0.717) is 26.3 Å². The molecule has 0 N–H and O–H groups in total. The van der Waals surface area contributed by atoms with E-state index in [9.17, 15) is 17.6 Å². The van der Waals surface area contributed by atoms with E-state index in [4.69, 9.17) is 11.6 Å². The third kappa shape index (κ3) is 2.84. The number of nitrogens with zero attached hydrogens (tertiary/aromatic N) is 3. The van der Waals surface area contributed by atoms with Crippen LogP contribution in [-0.2, 0) is 17.1 Å². The molecule has 2 aromatic rings. The Bertz CT molecular complexity index is 1020. The van der Waals surface area contributed by atoms with Gasteiger partial charge < -0.3 is 0 Å².